The van der Waals surface area contributed by atoms with Crippen LogP contribution in [0.15, 0.2) is 23.2 Å². The van der Waals surface area contributed by atoms with E-state index in [1.165, 1.54) is 16.8 Å². The van der Waals surface area contributed by atoms with Crippen molar-refractivity contribution in [2.45, 2.75) is 26.3 Å². The van der Waals surface area contributed by atoms with Crippen molar-refractivity contribution in [2.75, 3.05) is 65.4 Å². The molecular weight excluding hydrogens is 366 g/mol. The van der Waals surface area contributed by atoms with E-state index in [0.717, 1.165) is 51.5 Å². The molecule has 0 saturated carbocycles. The lowest BCUT2D eigenvalue weighted by atomic mass is 9.95. The van der Waals surface area contributed by atoms with Crippen molar-refractivity contribution in [3.63, 3.8) is 0 Å². The van der Waals surface area contributed by atoms with E-state index in [9.17, 15) is 4.79 Å². The van der Waals surface area contributed by atoms with Crippen molar-refractivity contribution in [1.29, 1.82) is 0 Å². The van der Waals surface area contributed by atoms with Crippen LogP contribution in [0.25, 0.3) is 0 Å². The Morgan fingerprint density at radius 1 is 1.17 bits per heavy atom. The highest BCUT2D eigenvalue weighted by Crippen LogP contribution is 2.21. The van der Waals surface area contributed by atoms with E-state index in [-0.39, 0.29) is 5.92 Å². The monoisotopic (exact) mass is 401 g/mol. The predicted molar refractivity (Wildman–Crippen MR) is 117 cm³/mol. The van der Waals surface area contributed by atoms with Gasteiger partial charge in [0.2, 0.25) is 5.91 Å². The van der Waals surface area contributed by atoms with E-state index in [1.54, 1.807) is 0 Å². The number of benzene rings is 1. The smallest absolute Gasteiger partial charge is 0.225 e. The Bertz CT molecular complexity index is 720. The molecule has 0 spiro atoms. The molecule has 2 aliphatic heterocycles. The molecule has 3 rings (SSSR count). The number of rotatable bonds is 4. The number of ether oxygens (including phenoxy) is 1. The number of hydrogen-bond donors (Lipinski definition) is 1. The van der Waals surface area contributed by atoms with Gasteiger partial charge in [0, 0.05) is 65.5 Å². The Kier molecular flexibility index (Phi) is 7.36. The van der Waals surface area contributed by atoms with Crippen molar-refractivity contribution in [3.05, 3.63) is 29.3 Å². The van der Waals surface area contributed by atoms with Gasteiger partial charge < -0.3 is 24.8 Å². The molecule has 1 N–H and O–H groups in total. The van der Waals surface area contributed by atoms with Crippen LogP contribution in [0.1, 0.15) is 24.0 Å². The molecule has 7 heteroatoms. The van der Waals surface area contributed by atoms with E-state index in [2.05, 4.69) is 59.3 Å². The lowest BCUT2D eigenvalue weighted by Crippen LogP contribution is -2.49. The molecule has 1 amide bonds. The zero-order valence-electron chi connectivity index (χ0n) is 18.3. The normalized spacial score (nSPS) is 18.7. The Morgan fingerprint density at radius 2 is 1.86 bits per heavy atom. The fourth-order valence-corrected chi connectivity index (χ4v) is 4.04. The molecule has 0 radical (unpaired) electrons. The molecule has 2 saturated heterocycles. The van der Waals surface area contributed by atoms with Crippen LogP contribution in [-0.2, 0) is 16.1 Å². The first-order valence-corrected chi connectivity index (χ1v) is 10.6. The van der Waals surface area contributed by atoms with Crippen LogP contribution in [0.2, 0.25) is 0 Å². The van der Waals surface area contributed by atoms with E-state index in [0.29, 0.717) is 19.1 Å². The summed E-state index contributed by atoms with van der Waals surface area (Å²) in [6.45, 7) is 7.40. The Labute approximate surface area is 174 Å². The molecule has 0 bridgehead atoms. The van der Waals surface area contributed by atoms with E-state index >= 15 is 0 Å². The van der Waals surface area contributed by atoms with Gasteiger partial charge in [-0.15, -0.1) is 0 Å². The predicted octanol–water partition coefficient (Wildman–Crippen LogP) is 1.71. The summed E-state index contributed by atoms with van der Waals surface area (Å²) in [5.41, 5.74) is 3.76. The molecule has 2 fully saturated rings. The lowest BCUT2D eigenvalue weighted by Gasteiger charge is -2.36. The zero-order valence-corrected chi connectivity index (χ0v) is 18.3. The van der Waals surface area contributed by atoms with Crippen molar-refractivity contribution in [2.24, 2.45) is 10.9 Å². The number of hydrogen-bond acceptors (Lipinski definition) is 4. The fourth-order valence-electron chi connectivity index (χ4n) is 4.04. The first-order valence-electron chi connectivity index (χ1n) is 10.6. The number of amides is 1. The third-order valence-corrected chi connectivity index (χ3v) is 5.96. The molecule has 29 heavy (non-hydrogen) atoms. The molecular formula is C22H35N5O2. The Morgan fingerprint density at radius 3 is 2.45 bits per heavy atom. The quantitative estimate of drug-likeness (QED) is 0.615. The summed E-state index contributed by atoms with van der Waals surface area (Å²) in [6.07, 6.45) is 1.76. The summed E-state index contributed by atoms with van der Waals surface area (Å²) in [7, 11) is 5.94. The second-order valence-corrected chi connectivity index (χ2v) is 8.10. The maximum absolute atomic E-state index is 12.7. The van der Waals surface area contributed by atoms with E-state index in [1.807, 2.05) is 11.9 Å². The fraction of sp³-hybridized carbons (Fsp3) is 0.636. The van der Waals surface area contributed by atoms with Crippen LogP contribution >= 0.6 is 0 Å². The Balaban J connectivity index is 1.51. The molecule has 1 aromatic carbocycles. The highest BCUT2D eigenvalue weighted by Gasteiger charge is 2.30. The van der Waals surface area contributed by atoms with Crippen LogP contribution < -0.4 is 10.2 Å². The topological polar surface area (TPSA) is 60.4 Å². The third kappa shape index (κ3) is 5.41. The number of anilines is 1. The van der Waals surface area contributed by atoms with Crippen molar-refractivity contribution >= 4 is 17.6 Å². The second kappa shape index (κ2) is 9.96. The summed E-state index contributed by atoms with van der Waals surface area (Å²) in [5.74, 6) is 1.34. The Hall–Kier alpha value is -2.28. The molecule has 0 aromatic heterocycles. The molecule has 0 aliphatic carbocycles. The first-order chi connectivity index (χ1) is 14.0. The molecule has 7 nitrogen and oxygen atoms in total. The third-order valence-electron chi connectivity index (χ3n) is 5.96. The minimum Gasteiger partial charge on any atom is -0.378 e. The van der Waals surface area contributed by atoms with Crippen LogP contribution in [-0.4, -0.2) is 82.2 Å². The van der Waals surface area contributed by atoms with Gasteiger partial charge in [-0.25, -0.2) is 0 Å². The number of nitrogens with one attached hydrogen (secondary N) is 1. The van der Waals surface area contributed by atoms with E-state index in [4.69, 9.17) is 4.74 Å². The summed E-state index contributed by atoms with van der Waals surface area (Å²) in [4.78, 5) is 23.6. The summed E-state index contributed by atoms with van der Waals surface area (Å²) < 4.78 is 5.36. The van der Waals surface area contributed by atoms with Gasteiger partial charge in [0.05, 0.1) is 13.2 Å². The minimum atomic E-state index is 0.128. The number of piperidine rings is 1. The van der Waals surface area contributed by atoms with Crippen molar-refractivity contribution in [1.82, 2.24) is 15.1 Å². The minimum absolute atomic E-state index is 0.128. The summed E-state index contributed by atoms with van der Waals surface area (Å²) >= 11 is 0. The van der Waals surface area contributed by atoms with Gasteiger partial charge in [-0.1, -0.05) is 6.07 Å². The number of nitrogens with zero attached hydrogens (tertiary/aromatic N) is 4. The van der Waals surface area contributed by atoms with Gasteiger partial charge in [0.1, 0.15) is 0 Å². The highest BCUT2D eigenvalue weighted by atomic mass is 16.5. The standard InChI is InChI=1S/C22H35N5O2/c1-17-15-20(25(3)4)6-5-19(17)16-24-22(23-2)27-9-7-18(8-10-27)21(28)26-11-13-29-14-12-26/h5-6,15,18H,7-14,16H2,1-4H3,(H,23,24). The average Bonchev–Trinajstić information content (AvgIpc) is 2.75. The summed E-state index contributed by atoms with van der Waals surface area (Å²) in [6, 6.07) is 6.54. The second-order valence-electron chi connectivity index (χ2n) is 8.10. The number of likely N-dealkylation sites (tertiary alicyclic amines) is 1. The van der Waals surface area contributed by atoms with Crippen molar-refractivity contribution < 1.29 is 9.53 Å². The van der Waals surface area contributed by atoms with Gasteiger partial charge in [-0.3, -0.25) is 9.79 Å². The van der Waals surface area contributed by atoms with Gasteiger partial charge in [0.25, 0.3) is 0 Å². The average molecular weight is 402 g/mol. The number of aryl methyl sites for hydroxylation is 1. The highest BCUT2D eigenvalue weighted by molar-refractivity contribution is 5.82. The van der Waals surface area contributed by atoms with E-state index < -0.39 is 0 Å². The molecule has 160 valence electrons. The van der Waals surface area contributed by atoms with Crippen LogP contribution in [0, 0.1) is 12.8 Å². The number of carbonyl (C=O) groups is 1. The maximum Gasteiger partial charge on any atom is 0.225 e. The number of guanidine groups is 1. The maximum atomic E-state index is 12.7. The number of morpholine rings is 1. The SMILES string of the molecule is CN=C(NCc1ccc(N(C)C)cc1C)N1CCC(C(=O)N2CCOCC2)CC1. The number of carbonyl (C=O) groups excluding carboxylic acids is 1. The summed E-state index contributed by atoms with van der Waals surface area (Å²) in [5, 5.41) is 3.50. The van der Waals surface area contributed by atoms with Crippen LogP contribution in [0.4, 0.5) is 5.69 Å². The number of aliphatic imine (C=N–C) groups is 1. The van der Waals surface area contributed by atoms with Crippen molar-refractivity contribution in [3.8, 4) is 0 Å². The molecule has 2 heterocycles. The molecule has 0 unspecified atom stereocenters. The largest absolute Gasteiger partial charge is 0.378 e. The zero-order chi connectivity index (χ0) is 20.8. The van der Waals surface area contributed by atoms with Crippen LogP contribution in [0.5, 0.6) is 0 Å². The molecule has 1 aromatic rings. The van der Waals surface area contributed by atoms with Gasteiger partial charge in [0.15, 0.2) is 5.96 Å². The lowest BCUT2D eigenvalue weighted by molar-refractivity contribution is -0.140. The van der Waals surface area contributed by atoms with Gasteiger partial charge in [-0.2, -0.15) is 0 Å². The van der Waals surface area contributed by atoms with Gasteiger partial charge in [-0.05, 0) is 43.0 Å². The molecule has 2 aliphatic rings. The first kappa shape index (κ1) is 21.4. The molecule has 0 atom stereocenters. The van der Waals surface area contributed by atoms with Gasteiger partial charge >= 0.3 is 0 Å². The van der Waals surface area contributed by atoms with Crippen LogP contribution in [0.3, 0.4) is 0 Å².